The summed E-state index contributed by atoms with van der Waals surface area (Å²) in [4.78, 5) is 13.0. The number of carbonyl (C=O) groups excluding carboxylic acids is 1. The van der Waals surface area contributed by atoms with Crippen molar-refractivity contribution in [2.75, 3.05) is 24.6 Å². The van der Waals surface area contributed by atoms with Crippen molar-refractivity contribution in [2.24, 2.45) is 5.92 Å². The fourth-order valence-corrected chi connectivity index (χ4v) is 4.28. The molecule has 2 heterocycles. The summed E-state index contributed by atoms with van der Waals surface area (Å²) >= 11 is 0. The van der Waals surface area contributed by atoms with Crippen LogP contribution in [0.4, 0.5) is 18.0 Å². The number of sulfone groups is 1. The van der Waals surface area contributed by atoms with Crippen LogP contribution >= 0.6 is 0 Å². The Morgan fingerprint density at radius 3 is 2.50 bits per heavy atom. The van der Waals surface area contributed by atoms with Gasteiger partial charge in [-0.25, -0.2) is 13.2 Å². The van der Waals surface area contributed by atoms with Gasteiger partial charge in [-0.15, -0.1) is 0 Å². The van der Waals surface area contributed by atoms with Gasteiger partial charge in [-0.2, -0.15) is 13.2 Å². The standard InChI is InChI=1S/C11H17F3N2O3S/c12-11(13,14)8-2-1-4-16(6-8)10(17)15-9-3-5-20(18,19)7-9/h8-9H,1-7H2,(H,15,17)/t8-,9+/m1/s1. The molecule has 1 N–H and O–H groups in total. The number of urea groups is 1. The van der Waals surface area contributed by atoms with E-state index in [9.17, 15) is 26.4 Å². The summed E-state index contributed by atoms with van der Waals surface area (Å²) in [7, 11) is -3.12. The van der Waals surface area contributed by atoms with E-state index in [2.05, 4.69) is 5.32 Å². The smallest absolute Gasteiger partial charge is 0.334 e. The van der Waals surface area contributed by atoms with Crippen LogP contribution in [0.2, 0.25) is 0 Å². The summed E-state index contributed by atoms with van der Waals surface area (Å²) in [5.74, 6) is -1.60. The Morgan fingerprint density at radius 1 is 1.25 bits per heavy atom. The number of hydrogen-bond acceptors (Lipinski definition) is 3. The lowest BCUT2D eigenvalue weighted by molar-refractivity contribution is -0.184. The molecule has 2 amide bonds. The monoisotopic (exact) mass is 314 g/mol. The molecule has 0 unspecified atom stereocenters. The van der Waals surface area contributed by atoms with Gasteiger partial charge < -0.3 is 10.2 Å². The maximum atomic E-state index is 12.6. The second kappa shape index (κ2) is 5.42. The Kier molecular flexibility index (Phi) is 4.17. The maximum absolute atomic E-state index is 12.6. The highest BCUT2D eigenvalue weighted by molar-refractivity contribution is 7.91. The Bertz CT molecular complexity index is 478. The van der Waals surface area contributed by atoms with Gasteiger partial charge in [0.25, 0.3) is 0 Å². The Labute approximate surface area is 115 Å². The lowest BCUT2D eigenvalue weighted by Crippen LogP contribution is -2.51. The van der Waals surface area contributed by atoms with Crippen molar-refractivity contribution in [1.29, 1.82) is 0 Å². The molecule has 2 aliphatic rings. The van der Waals surface area contributed by atoms with Gasteiger partial charge in [0.05, 0.1) is 17.4 Å². The number of nitrogens with zero attached hydrogens (tertiary/aromatic N) is 1. The minimum absolute atomic E-state index is 0.0170. The summed E-state index contributed by atoms with van der Waals surface area (Å²) in [5.41, 5.74) is 0. The molecule has 0 aromatic rings. The van der Waals surface area contributed by atoms with E-state index in [1.54, 1.807) is 0 Å². The third-order valence-electron chi connectivity index (χ3n) is 3.73. The van der Waals surface area contributed by atoms with Crippen LogP contribution in [0.5, 0.6) is 0 Å². The molecule has 0 saturated carbocycles. The van der Waals surface area contributed by atoms with Crippen molar-refractivity contribution in [2.45, 2.75) is 31.5 Å². The number of amides is 2. The van der Waals surface area contributed by atoms with E-state index >= 15 is 0 Å². The van der Waals surface area contributed by atoms with Crippen LogP contribution in [0.3, 0.4) is 0 Å². The number of likely N-dealkylation sites (tertiary alicyclic amines) is 1. The molecule has 116 valence electrons. The molecular formula is C11H17F3N2O3S. The fourth-order valence-electron chi connectivity index (χ4n) is 2.60. The van der Waals surface area contributed by atoms with Crippen molar-refractivity contribution >= 4 is 15.9 Å². The molecule has 0 aromatic carbocycles. The average Bonchev–Trinajstić information content (AvgIpc) is 2.68. The van der Waals surface area contributed by atoms with E-state index in [-0.39, 0.29) is 31.0 Å². The van der Waals surface area contributed by atoms with Gasteiger partial charge in [0.2, 0.25) is 0 Å². The van der Waals surface area contributed by atoms with Crippen LogP contribution in [0.15, 0.2) is 0 Å². The summed E-state index contributed by atoms with van der Waals surface area (Å²) < 4.78 is 60.5. The van der Waals surface area contributed by atoms with Gasteiger partial charge in [0.15, 0.2) is 9.84 Å². The number of hydrogen-bond donors (Lipinski definition) is 1. The highest BCUT2D eigenvalue weighted by Crippen LogP contribution is 2.33. The highest BCUT2D eigenvalue weighted by atomic mass is 32.2. The van der Waals surface area contributed by atoms with Crippen LogP contribution in [0.25, 0.3) is 0 Å². The quantitative estimate of drug-likeness (QED) is 0.790. The highest BCUT2D eigenvalue weighted by Gasteiger charge is 2.43. The third kappa shape index (κ3) is 3.77. The first-order valence-corrected chi connectivity index (χ1v) is 8.32. The van der Waals surface area contributed by atoms with E-state index in [0.29, 0.717) is 12.8 Å². The molecule has 9 heteroatoms. The van der Waals surface area contributed by atoms with Crippen LogP contribution in [-0.4, -0.2) is 56.2 Å². The summed E-state index contributed by atoms with van der Waals surface area (Å²) in [6.07, 6.45) is -3.63. The topological polar surface area (TPSA) is 66.5 Å². The van der Waals surface area contributed by atoms with Gasteiger partial charge in [0, 0.05) is 19.1 Å². The molecule has 0 aliphatic carbocycles. The van der Waals surface area contributed by atoms with Crippen molar-refractivity contribution in [3.05, 3.63) is 0 Å². The number of halogens is 3. The predicted octanol–water partition coefficient (Wildman–Crippen LogP) is 1.16. The molecular weight excluding hydrogens is 297 g/mol. The van der Waals surface area contributed by atoms with Gasteiger partial charge in [-0.1, -0.05) is 0 Å². The summed E-state index contributed by atoms with van der Waals surface area (Å²) in [6, 6.07) is -1.08. The van der Waals surface area contributed by atoms with E-state index in [1.807, 2.05) is 0 Å². The lowest BCUT2D eigenvalue weighted by Gasteiger charge is -2.34. The van der Waals surface area contributed by atoms with Gasteiger partial charge >= 0.3 is 12.2 Å². The molecule has 20 heavy (non-hydrogen) atoms. The number of piperidine rings is 1. The molecule has 0 spiro atoms. The minimum Gasteiger partial charge on any atom is -0.334 e. The second-order valence-electron chi connectivity index (χ2n) is 5.38. The molecule has 2 aliphatic heterocycles. The predicted molar refractivity (Wildman–Crippen MR) is 65.9 cm³/mol. The first kappa shape index (κ1) is 15.4. The van der Waals surface area contributed by atoms with Crippen LogP contribution in [-0.2, 0) is 9.84 Å². The van der Waals surface area contributed by atoms with Crippen molar-refractivity contribution in [3.63, 3.8) is 0 Å². The molecule has 2 atom stereocenters. The molecule has 2 rings (SSSR count). The zero-order valence-electron chi connectivity index (χ0n) is 10.8. The number of rotatable bonds is 1. The number of carbonyl (C=O) groups is 1. The Hall–Kier alpha value is -0.990. The zero-order chi connectivity index (χ0) is 15.0. The number of alkyl halides is 3. The average molecular weight is 314 g/mol. The molecule has 0 aromatic heterocycles. The summed E-state index contributed by atoms with van der Waals surface area (Å²) in [6.45, 7) is -0.0767. The first-order chi connectivity index (χ1) is 9.17. The van der Waals surface area contributed by atoms with Crippen LogP contribution in [0.1, 0.15) is 19.3 Å². The van der Waals surface area contributed by atoms with E-state index < -0.39 is 34.0 Å². The van der Waals surface area contributed by atoms with E-state index in [0.717, 1.165) is 4.90 Å². The maximum Gasteiger partial charge on any atom is 0.393 e. The van der Waals surface area contributed by atoms with Crippen LogP contribution in [0, 0.1) is 5.92 Å². The van der Waals surface area contributed by atoms with Crippen molar-refractivity contribution in [1.82, 2.24) is 10.2 Å². The minimum atomic E-state index is -4.30. The second-order valence-corrected chi connectivity index (χ2v) is 7.60. The molecule has 0 bridgehead atoms. The van der Waals surface area contributed by atoms with Gasteiger partial charge in [0.1, 0.15) is 0 Å². The fraction of sp³-hybridized carbons (Fsp3) is 0.909. The molecule has 0 radical (unpaired) electrons. The van der Waals surface area contributed by atoms with E-state index in [4.69, 9.17) is 0 Å². The summed E-state index contributed by atoms with van der Waals surface area (Å²) in [5, 5.41) is 2.52. The van der Waals surface area contributed by atoms with Gasteiger partial charge in [-0.3, -0.25) is 0 Å². The molecule has 2 saturated heterocycles. The largest absolute Gasteiger partial charge is 0.393 e. The van der Waals surface area contributed by atoms with Crippen LogP contribution < -0.4 is 5.32 Å². The van der Waals surface area contributed by atoms with Crippen molar-refractivity contribution in [3.8, 4) is 0 Å². The molecule has 2 fully saturated rings. The van der Waals surface area contributed by atoms with Gasteiger partial charge in [-0.05, 0) is 19.3 Å². The first-order valence-electron chi connectivity index (χ1n) is 6.50. The Balaban J connectivity index is 1.90. The lowest BCUT2D eigenvalue weighted by atomic mass is 9.98. The van der Waals surface area contributed by atoms with Crippen molar-refractivity contribution < 1.29 is 26.4 Å². The normalized spacial score (nSPS) is 30.2. The molecule has 5 nitrogen and oxygen atoms in total. The zero-order valence-corrected chi connectivity index (χ0v) is 11.6. The Morgan fingerprint density at radius 2 is 1.95 bits per heavy atom. The third-order valence-corrected chi connectivity index (χ3v) is 5.50. The number of nitrogens with one attached hydrogen (secondary N) is 1. The van der Waals surface area contributed by atoms with E-state index in [1.165, 1.54) is 0 Å². The SMILES string of the molecule is O=C(N[C@H]1CCS(=O)(=O)C1)N1CCC[C@@H](C(F)(F)F)C1.